The molecule has 2 aliphatic rings. The number of carbonyl (C=O) groups is 1. The highest BCUT2D eigenvalue weighted by molar-refractivity contribution is 5.95. The van der Waals surface area contributed by atoms with E-state index in [4.69, 9.17) is 14.2 Å². The molecule has 0 aliphatic carbocycles. The van der Waals surface area contributed by atoms with E-state index < -0.39 is 5.82 Å². The first-order chi connectivity index (χ1) is 10.6. The molecule has 2 fully saturated rings. The molecule has 1 atom stereocenters. The molecule has 2 aliphatic heterocycles. The van der Waals surface area contributed by atoms with E-state index >= 15 is 0 Å². The Bertz CT molecular complexity index is 571. The Morgan fingerprint density at radius 2 is 2.18 bits per heavy atom. The van der Waals surface area contributed by atoms with Crippen LogP contribution in [0.25, 0.3) is 0 Å². The lowest BCUT2D eigenvalue weighted by Crippen LogP contribution is -2.67. The first kappa shape index (κ1) is 15.2. The highest BCUT2D eigenvalue weighted by Gasteiger charge is 2.49. The molecule has 6 heteroatoms. The SMILES string of the molecule is COc1ccc(C(=O)N2CC3(CC(OC)CCO3)C2)cc1F. The Labute approximate surface area is 128 Å². The minimum atomic E-state index is -0.531. The third-order valence-corrected chi connectivity index (χ3v) is 4.43. The molecule has 2 heterocycles. The number of rotatable bonds is 3. The fourth-order valence-corrected chi connectivity index (χ4v) is 3.18. The second kappa shape index (κ2) is 5.85. The van der Waals surface area contributed by atoms with Gasteiger partial charge in [-0.1, -0.05) is 0 Å². The van der Waals surface area contributed by atoms with Gasteiger partial charge in [0.2, 0.25) is 0 Å². The molecule has 1 amide bonds. The number of benzene rings is 1. The highest BCUT2D eigenvalue weighted by atomic mass is 19.1. The van der Waals surface area contributed by atoms with Crippen molar-refractivity contribution in [1.82, 2.24) is 4.90 Å². The molecule has 22 heavy (non-hydrogen) atoms. The molecule has 0 saturated carbocycles. The normalized spacial score (nSPS) is 23.2. The summed E-state index contributed by atoms with van der Waals surface area (Å²) < 4.78 is 29.8. The van der Waals surface area contributed by atoms with Gasteiger partial charge in [0.25, 0.3) is 5.91 Å². The zero-order chi connectivity index (χ0) is 15.7. The number of methoxy groups -OCH3 is 2. The van der Waals surface area contributed by atoms with Crippen LogP contribution in [0.5, 0.6) is 5.75 Å². The standard InChI is InChI=1S/C16H20FNO4/c1-20-12-5-6-22-16(8-12)9-18(10-16)15(19)11-3-4-14(21-2)13(17)7-11/h3-4,7,12H,5-6,8-10H2,1-2H3. The predicted molar refractivity (Wildman–Crippen MR) is 77.6 cm³/mol. The van der Waals surface area contributed by atoms with Gasteiger partial charge in [-0.25, -0.2) is 4.39 Å². The maximum Gasteiger partial charge on any atom is 0.254 e. The van der Waals surface area contributed by atoms with Crippen molar-refractivity contribution in [3.63, 3.8) is 0 Å². The first-order valence-corrected chi connectivity index (χ1v) is 7.36. The van der Waals surface area contributed by atoms with Crippen molar-refractivity contribution in [1.29, 1.82) is 0 Å². The van der Waals surface area contributed by atoms with Crippen LogP contribution in [-0.4, -0.2) is 56.4 Å². The molecule has 1 aromatic carbocycles. The minimum Gasteiger partial charge on any atom is -0.494 e. The molecule has 0 N–H and O–H groups in total. The van der Waals surface area contributed by atoms with Crippen molar-refractivity contribution < 1.29 is 23.4 Å². The summed E-state index contributed by atoms with van der Waals surface area (Å²) in [5.41, 5.74) is 0.0341. The second-order valence-electron chi connectivity index (χ2n) is 5.89. The number of likely N-dealkylation sites (tertiary alicyclic amines) is 1. The highest BCUT2D eigenvalue weighted by Crippen LogP contribution is 2.36. The van der Waals surface area contributed by atoms with Crippen molar-refractivity contribution in [2.45, 2.75) is 24.5 Å². The summed E-state index contributed by atoms with van der Waals surface area (Å²) in [6.45, 7) is 1.70. The molecular weight excluding hydrogens is 289 g/mol. The number of carbonyl (C=O) groups excluding carboxylic acids is 1. The lowest BCUT2D eigenvalue weighted by Gasteiger charge is -2.52. The van der Waals surface area contributed by atoms with Gasteiger partial charge in [0.1, 0.15) is 5.60 Å². The molecule has 5 nitrogen and oxygen atoms in total. The number of hydrogen-bond donors (Lipinski definition) is 0. The lowest BCUT2D eigenvalue weighted by molar-refractivity contribution is -0.181. The zero-order valence-electron chi connectivity index (χ0n) is 12.8. The zero-order valence-corrected chi connectivity index (χ0v) is 12.8. The van der Waals surface area contributed by atoms with E-state index in [1.54, 1.807) is 18.1 Å². The molecule has 0 bridgehead atoms. The summed E-state index contributed by atoms with van der Waals surface area (Å²) in [6, 6.07) is 4.26. The Kier molecular flexibility index (Phi) is 4.06. The number of ether oxygens (including phenoxy) is 3. The topological polar surface area (TPSA) is 48.0 Å². The predicted octanol–water partition coefficient (Wildman–Crippen LogP) is 1.85. The van der Waals surface area contributed by atoms with Crippen molar-refractivity contribution in [2.75, 3.05) is 33.9 Å². The minimum absolute atomic E-state index is 0.134. The monoisotopic (exact) mass is 309 g/mol. The maximum absolute atomic E-state index is 13.7. The van der Waals surface area contributed by atoms with Gasteiger partial charge in [-0.3, -0.25) is 4.79 Å². The van der Waals surface area contributed by atoms with E-state index in [0.717, 1.165) is 12.8 Å². The summed E-state index contributed by atoms with van der Waals surface area (Å²) in [6.07, 6.45) is 1.87. The average molecular weight is 309 g/mol. The van der Waals surface area contributed by atoms with E-state index in [1.165, 1.54) is 19.2 Å². The fourth-order valence-electron chi connectivity index (χ4n) is 3.18. The molecule has 1 spiro atoms. The lowest BCUT2D eigenvalue weighted by atomic mass is 9.84. The van der Waals surface area contributed by atoms with Crippen LogP contribution in [0.4, 0.5) is 4.39 Å². The van der Waals surface area contributed by atoms with E-state index in [0.29, 0.717) is 25.3 Å². The van der Waals surface area contributed by atoms with Crippen LogP contribution in [0.3, 0.4) is 0 Å². The van der Waals surface area contributed by atoms with Gasteiger partial charge in [0.05, 0.1) is 26.3 Å². The van der Waals surface area contributed by atoms with Gasteiger partial charge in [-0.05, 0) is 24.6 Å². The summed E-state index contributed by atoms with van der Waals surface area (Å²) in [5.74, 6) is -0.581. The van der Waals surface area contributed by atoms with E-state index in [2.05, 4.69) is 0 Å². The Balaban J connectivity index is 1.65. The molecule has 120 valence electrons. The van der Waals surface area contributed by atoms with E-state index in [1.807, 2.05) is 0 Å². The number of nitrogens with zero attached hydrogens (tertiary/aromatic N) is 1. The van der Waals surface area contributed by atoms with Crippen LogP contribution in [-0.2, 0) is 9.47 Å². The van der Waals surface area contributed by atoms with Gasteiger partial charge < -0.3 is 19.1 Å². The largest absolute Gasteiger partial charge is 0.494 e. The van der Waals surface area contributed by atoms with E-state index in [-0.39, 0.29) is 23.4 Å². The summed E-state index contributed by atoms with van der Waals surface area (Å²) >= 11 is 0. The Hall–Kier alpha value is -1.66. The van der Waals surface area contributed by atoms with Crippen molar-refractivity contribution in [2.24, 2.45) is 0 Å². The molecule has 1 unspecified atom stereocenters. The molecule has 1 aromatic rings. The fraction of sp³-hybridized carbons (Fsp3) is 0.562. The summed E-state index contributed by atoms with van der Waals surface area (Å²) in [7, 11) is 3.09. The molecule has 2 saturated heterocycles. The van der Waals surface area contributed by atoms with Gasteiger partial charge >= 0.3 is 0 Å². The number of hydrogen-bond acceptors (Lipinski definition) is 4. The van der Waals surface area contributed by atoms with E-state index in [9.17, 15) is 9.18 Å². The first-order valence-electron chi connectivity index (χ1n) is 7.36. The van der Waals surface area contributed by atoms with Gasteiger partial charge in [0, 0.05) is 25.7 Å². The second-order valence-corrected chi connectivity index (χ2v) is 5.89. The summed E-state index contributed by atoms with van der Waals surface area (Å²) in [4.78, 5) is 14.1. The molecule has 0 radical (unpaired) electrons. The summed E-state index contributed by atoms with van der Waals surface area (Å²) in [5, 5.41) is 0. The third kappa shape index (κ3) is 2.68. The van der Waals surface area contributed by atoms with Gasteiger partial charge in [-0.15, -0.1) is 0 Å². The van der Waals surface area contributed by atoms with Gasteiger partial charge in [-0.2, -0.15) is 0 Å². The van der Waals surface area contributed by atoms with Crippen molar-refractivity contribution in [3.05, 3.63) is 29.6 Å². The molecule has 0 aromatic heterocycles. The average Bonchev–Trinajstić information content (AvgIpc) is 2.51. The Morgan fingerprint density at radius 1 is 1.41 bits per heavy atom. The van der Waals surface area contributed by atoms with Crippen LogP contribution in [0, 0.1) is 5.82 Å². The van der Waals surface area contributed by atoms with Crippen molar-refractivity contribution in [3.8, 4) is 5.75 Å². The smallest absolute Gasteiger partial charge is 0.254 e. The molecule has 3 rings (SSSR count). The van der Waals surface area contributed by atoms with Gasteiger partial charge in [0.15, 0.2) is 11.6 Å². The van der Waals surface area contributed by atoms with Crippen LogP contribution in [0.2, 0.25) is 0 Å². The number of amides is 1. The maximum atomic E-state index is 13.7. The van der Waals surface area contributed by atoms with Crippen molar-refractivity contribution >= 4 is 5.91 Å². The van der Waals surface area contributed by atoms with Crippen LogP contribution in [0.1, 0.15) is 23.2 Å². The Morgan fingerprint density at radius 3 is 2.82 bits per heavy atom. The number of halogens is 1. The molecular formula is C16H20FNO4. The quantitative estimate of drug-likeness (QED) is 0.855. The van der Waals surface area contributed by atoms with Crippen LogP contribution >= 0.6 is 0 Å². The van der Waals surface area contributed by atoms with Crippen LogP contribution < -0.4 is 4.74 Å². The third-order valence-electron chi connectivity index (χ3n) is 4.43. The van der Waals surface area contributed by atoms with Crippen LogP contribution in [0.15, 0.2) is 18.2 Å².